The van der Waals surface area contributed by atoms with Crippen molar-refractivity contribution < 1.29 is 9.53 Å². The van der Waals surface area contributed by atoms with Gasteiger partial charge < -0.3 is 15.8 Å². The van der Waals surface area contributed by atoms with E-state index in [4.69, 9.17) is 10.5 Å². The van der Waals surface area contributed by atoms with Crippen molar-refractivity contribution in [2.75, 3.05) is 20.2 Å². The summed E-state index contributed by atoms with van der Waals surface area (Å²) >= 11 is 0. The molecule has 0 aromatic rings. The van der Waals surface area contributed by atoms with E-state index in [1.165, 1.54) is 25.7 Å². The van der Waals surface area contributed by atoms with Gasteiger partial charge in [-0.15, -0.1) is 0 Å². The Hall–Kier alpha value is -0.610. The Morgan fingerprint density at radius 2 is 1.89 bits per heavy atom. The highest BCUT2D eigenvalue weighted by atomic mass is 16.5. The number of rotatable bonds is 11. The summed E-state index contributed by atoms with van der Waals surface area (Å²) in [6.07, 6.45) is 6.32. The fourth-order valence-electron chi connectivity index (χ4n) is 1.80. The summed E-state index contributed by atoms with van der Waals surface area (Å²) in [4.78, 5) is 11.5. The van der Waals surface area contributed by atoms with Crippen molar-refractivity contribution in [2.45, 2.75) is 58.5 Å². The van der Waals surface area contributed by atoms with Crippen LogP contribution in [0, 0.1) is 5.92 Å². The van der Waals surface area contributed by atoms with Gasteiger partial charge in [0.05, 0.1) is 12.5 Å². The van der Waals surface area contributed by atoms with Crippen LogP contribution in [0.3, 0.4) is 0 Å². The van der Waals surface area contributed by atoms with E-state index >= 15 is 0 Å². The summed E-state index contributed by atoms with van der Waals surface area (Å²) in [5, 5.41) is 2.91. The maximum atomic E-state index is 11.5. The lowest BCUT2D eigenvalue weighted by Crippen LogP contribution is -2.32. The highest BCUT2D eigenvalue weighted by molar-refractivity contribution is 5.76. The first-order valence-corrected chi connectivity index (χ1v) is 7.09. The minimum Gasteiger partial charge on any atom is -0.380 e. The number of methoxy groups -OCH3 is 1. The molecule has 0 aromatic heterocycles. The molecular formula is C14H30N2O2. The molecule has 0 aromatic carbocycles. The van der Waals surface area contributed by atoms with Gasteiger partial charge in [0.1, 0.15) is 0 Å². The number of carbonyl (C=O) groups excluding carboxylic acids is 1. The number of unbranched alkanes of at least 4 members (excludes halogenated alkanes) is 3. The normalized spacial score (nSPS) is 12.7. The predicted molar refractivity (Wildman–Crippen MR) is 75.4 cm³/mol. The van der Waals surface area contributed by atoms with E-state index < -0.39 is 0 Å². The van der Waals surface area contributed by atoms with Gasteiger partial charge in [0.25, 0.3) is 0 Å². The number of hydrogen-bond acceptors (Lipinski definition) is 3. The fourth-order valence-corrected chi connectivity index (χ4v) is 1.80. The predicted octanol–water partition coefficient (Wildman–Crippen LogP) is 2.07. The molecule has 0 rings (SSSR count). The Morgan fingerprint density at radius 1 is 1.22 bits per heavy atom. The Morgan fingerprint density at radius 3 is 2.44 bits per heavy atom. The SMILES string of the molecule is COC(CN)CC(=O)NCCCCCCC(C)C. The van der Waals surface area contributed by atoms with Crippen LogP contribution in [0.5, 0.6) is 0 Å². The van der Waals surface area contributed by atoms with Crippen molar-refractivity contribution in [3.05, 3.63) is 0 Å². The number of amides is 1. The zero-order chi connectivity index (χ0) is 13.8. The lowest BCUT2D eigenvalue weighted by Gasteiger charge is -2.12. The molecule has 0 radical (unpaired) electrons. The van der Waals surface area contributed by atoms with Crippen molar-refractivity contribution in [1.82, 2.24) is 5.32 Å². The van der Waals surface area contributed by atoms with E-state index in [2.05, 4.69) is 19.2 Å². The number of carbonyl (C=O) groups is 1. The summed E-state index contributed by atoms with van der Waals surface area (Å²) in [5.41, 5.74) is 5.46. The largest absolute Gasteiger partial charge is 0.380 e. The van der Waals surface area contributed by atoms with Gasteiger partial charge in [-0.3, -0.25) is 4.79 Å². The maximum absolute atomic E-state index is 11.5. The lowest BCUT2D eigenvalue weighted by atomic mass is 10.0. The van der Waals surface area contributed by atoms with Crippen LogP contribution in [0.1, 0.15) is 52.4 Å². The van der Waals surface area contributed by atoms with Crippen molar-refractivity contribution in [3.8, 4) is 0 Å². The number of ether oxygens (including phenoxy) is 1. The average molecular weight is 258 g/mol. The second-order valence-electron chi connectivity index (χ2n) is 5.24. The Labute approximate surface area is 112 Å². The van der Waals surface area contributed by atoms with Gasteiger partial charge in [-0.25, -0.2) is 0 Å². The molecule has 4 heteroatoms. The molecule has 0 fully saturated rings. The van der Waals surface area contributed by atoms with Crippen molar-refractivity contribution in [2.24, 2.45) is 11.7 Å². The van der Waals surface area contributed by atoms with Gasteiger partial charge in [0.2, 0.25) is 5.91 Å². The molecule has 4 nitrogen and oxygen atoms in total. The highest BCUT2D eigenvalue weighted by Crippen LogP contribution is 2.08. The van der Waals surface area contributed by atoms with Gasteiger partial charge in [0, 0.05) is 20.2 Å². The third-order valence-electron chi connectivity index (χ3n) is 3.04. The van der Waals surface area contributed by atoms with E-state index in [1.54, 1.807) is 7.11 Å². The first-order chi connectivity index (χ1) is 8.60. The van der Waals surface area contributed by atoms with E-state index in [9.17, 15) is 4.79 Å². The quantitative estimate of drug-likeness (QED) is 0.558. The van der Waals surface area contributed by atoms with Crippen molar-refractivity contribution in [3.63, 3.8) is 0 Å². The third-order valence-corrected chi connectivity index (χ3v) is 3.04. The topological polar surface area (TPSA) is 64.3 Å². The van der Waals surface area contributed by atoms with Crippen molar-refractivity contribution in [1.29, 1.82) is 0 Å². The molecular weight excluding hydrogens is 228 g/mol. The summed E-state index contributed by atoms with van der Waals surface area (Å²) in [7, 11) is 1.58. The van der Waals surface area contributed by atoms with E-state index in [0.717, 1.165) is 18.9 Å². The zero-order valence-corrected chi connectivity index (χ0v) is 12.2. The molecule has 3 N–H and O–H groups in total. The summed E-state index contributed by atoms with van der Waals surface area (Å²) in [5.74, 6) is 0.835. The molecule has 1 amide bonds. The molecule has 0 aliphatic rings. The second kappa shape index (κ2) is 11.5. The van der Waals surface area contributed by atoms with E-state index in [1.807, 2.05) is 0 Å². The number of hydrogen-bond donors (Lipinski definition) is 2. The Kier molecular flexibility index (Phi) is 11.1. The minimum atomic E-state index is -0.156. The van der Waals surface area contributed by atoms with Crippen LogP contribution in [0.2, 0.25) is 0 Å². The van der Waals surface area contributed by atoms with Crippen LogP contribution >= 0.6 is 0 Å². The van der Waals surface area contributed by atoms with Crippen molar-refractivity contribution >= 4 is 5.91 Å². The number of nitrogens with one attached hydrogen (secondary N) is 1. The van der Waals surface area contributed by atoms with Crippen LogP contribution < -0.4 is 11.1 Å². The van der Waals surface area contributed by atoms with Crippen LogP contribution in [0.4, 0.5) is 0 Å². The van der Waals surface area contributed by atoms with Gasteiger partial charge in [-0.05, 0) is 12.3 Å². The molecule has 0 saturated carbocycles. The smallest absolute Gasteiger partial charge is 0.222 e. The minimum absolute atomic E-state index is 0.0366. The van der Waals surface area contributed by atoms with E-state index in [0.29, 0.717) is 13.0 Å². The molecule has 0 saturated heterocycles. The van der Waals surface area contributed by atoms with Crippen LogP contribution in [-0.2, 0) is 9.53 Å². The average Bonchev–Trinajstić information content (AvgIpc) is 2.34. The van der Waals surface area contributed by atoms with Crippen LogP contribution in [-0.4, -0.2) is 32.2 Å². The van der Waals surface area contributed by atoms with Gasteiger partial charge in [0.15, 0.2) is 0 Å². The summed E-state index contributed by atoms with van der Waals surface area (Å²) in [6, 6.07) is 0. The fraction of sp³-hybridized carbons (Fsp3) is 0.929. The molecule has 0 aliphatic heterocycles. The molecule has 18 heavy (non-hydrogen) atoms. The van der Waals surface area contributed by atoms with Gasteiger partial charge >= 0.3 is 0 Å². The lowest BCUT2D eigenvalue weighted by molar-refractivity contribution is -0.123. The van der Waals surface area contributed by atoms with E-state index in [-0.39, 0.29) is 12.0 Å². The summed E-state index contributed by atoms with van der Waals surface area (Å²) in [6.45, 7) is 5.66. The van der Waals surface area contributed by atoms with Crippen LogP contribution in [0.25, 0.3) is 0 Å². The molecule has 0 bridgehead atoms. The maximum Gasteiger partial charge on any atom is 0.222 e. The second-order valence-corrected chi connectivity index (χ2v) is 5.24. The molecule has 108 valence electrons. The first-order valence-electron chi connectivity index (χ1n) is 7.09. The molecule has 1 unspecified atom stereocenters. The van der Waals surface area contributed by atoms with Gasteiger partial charge in [-0.2, -0.15) is 0 Å². The Bertz CT molecular complexity index is 204. The van der Waals surface area contributed by atoms with Gasteiger partial charge in [-0.1, -0.05) is 39.5 Å². The standard InChI is InChI=1S/C14H30N2O2/c1-12(2)8-6-4-5-7-9-16-14(17)10-13(11-15)18-3/h12-13H,4-11,15H2,1-3H3,(H,16,17). The monoisotopic (exact) mass is 258 g/mol. The third kappa shape index (κ3) is 10.5. The molecule has 1 atom stereocenters. The summed E-state index contributed by atoms with van der Waals surface area (Å²) < 4.78 is 5.07. The zero-order valence-electron chi connectivity index (χ0n) is 12.2. The number of nitrogens with two attached hydrogens (primary N) is 1. The molecule has 0 spiro atoms. The Balaban J connectivity index is 3.35. The molecule has 0 aliphatic carbocycles. The molecule has 0 heterocycles. The highest BCUT2D eigenvalue weighted by Gasteiger charge is 2.10. The first kappa shape index (κ1) is 17.4. The van der Waals surface area contributed by atoms with Crippen LogP contribution in [0.15, 0.2) is 0 Å².